The summed E-state index contributed by atoms with van der Waals surface area (Å²) in [7, 11) is -3.51. The summed E-state index contributed by atoms with van der Waals surface area (Å²) in [5.74, 6) is 0.976. The fourth-order valence-corrected chi connectivity index (χ4v) is 4.32. The molecule has 1 aliphatic rings. The molecule has 4 nitrogen and oxygen atoms in total. The van der Waals surface area contributed by atoms with Crippen molar-refractivity contribution in [3.63, 3.8) is 0 Å². The first-order valence-corrected chi connectivity index (χ1v) is 8.11. The number of hydrogen-bond acceptors (Lipinski definition) is 3. The van der Waals surface area contributed by atoms with Crippen LogP contribution in [0.25, 0.3) is 0 Å². The van der Waals surface area contributed by atoms with Gasteiger partial charge in [0.25, 0.3) is 10.0 Å². The molecule has 0 radical (unpaired) electrons. The molecule has 1 aromatic heterocycles. The zero-order valence-corrected chi connectivity index (χ0v) is 12.2. The number of hydrogen-bond donors (Lipinski definition) is 0. The van der Waals surface area contributed by atoms with Crippen molar-refractivity contribution in [3.05, 3.63) is 17.9 Å². The van der Waals surface area contributed by atoms with Crippen molar-refractivity contribution in [2.24, 2.45) is 5.92 Å². The molecule has 1 atom stereocenters. The van der Waals surface area contributed by atoms with Gasteiger partial charge in [-0.2, -0.15) is 4.31 Å². The van der Waals surface area contributed by atoms with Crippen molar-refractivity contribution >= 4 is 21.6 Å². The van der Waals surface area contributed by atoms with E-state index < -0.39 is 10.0 Å². The minimum Gasteiger partial charge on any atom is -0.447 e. The summed E-state index contributed by atoms with van der Waals surface area (Å²) in [5.41, 5.74) is 0. The van der Waals surface area contributed by atoms with Gasteiger partial charge in [-0.3, -0.25) is 0 Å². The van der Waals surface area contributed by atoms with Crippen molar-refractivity contribution < 1.29 is 12.8 Å². The second-order valence-electron chi connectivity index (χ2n) is 4.92. The average molecular weight is 292 g/mol. The molecule has 0 aliphatic carbocycles. The third-order valence-electron chi connectivity index (χ3n) is 3.35. The van der Waals surface area contributed by atoms with Crippen LogP contribution in [0.1, 0.15) is 32.4 Å². The molecular formula is C12H18ClNO3S. The molecule has 2 rings (SSSR count). The molecule has 0 N–H and O–H groups in total. The molecular weight excluding hydrogens is 274 g/mol. The average Bonchev–Trinajstić information content (AvgIpc) is 2.98. The molecule has 0 spiro atoms. The second kappa shape index (κ2) is 5.23. The van der Waals surface area contributed by atoms with Crippen molar-refractivity contribution in [1.29, 1.82) is 0 Å². The minimum atomic E-state index is -3.51. The van der Waals surface area contributed by atoms with Crippen LogP contribution in [0.15, 0.2) is 21.6 Å². The highest BCUT2D eigenvalue weighted by molar-refractivity contribution is 7.89. The van der Waals surface area contributed by atoms with E-state index in [4.69, 9.17) is 16.0 Å². The Labute approximate surface area is 113 Å². The van der Waals surface area contributed by atoms with Crippen LogP contribution in [0.2, 0.25) is 0 Å². The summed E-state index contributed by atoms with van der Waals surface area (Å²) >= 11 is 5.63. The van der Waals surface area contributed by atoms with E-state index >= 15 is 0 Å². The molecule has 6 heteroatoms. The number of rotatable bonds is 4. The Morgan fingerprint density at radius 3 is 2.78 bits per heavy atom. The summed E-state index contributed by atoms with van der Waals surface area (Å²) in [4.78, 5) is 0. The first-order valence-electron chi connectivity index (χ1n) is 6.13. The van der Waals surface area contributed by atoms with E-state index in [-0.39, 0.29) is 17.0 Å². The first-order chi connectivity index (χ1) is 8.46. The molecule has 0 aromatic carbocycles. The Hall–Kier alpha value is -0.520. The van der Waals surface area contributed by atoms with Gasteiger partial charge in [-0.25, -0.2) is 8.42 Å². The van der Waals surface area contributed by atoms with Crippen LogP contribution in [-0.4, -0.2) is 25.3 Å². The molecule has 1 fully saturated rings. The minimum absolute atomic E-state index is 0.00528. The summed E-state index contributed by atoms with van der Waals surface area (Å²) in [5, 5.41) is 0.00528. The molecule has 0 saturated carbocycles. The zero-order valence-electron chi connectivity index (χ0n) is 10.6. The van der Waals surface area contributed by atoms with E-state index in [1.165, 1.54) is 6.07 Å². The predicted octanol–water partition coefficient (Wildman–Crippen LogP) is 2.83. The maximum absolute atomic E-state index is 12.5. The maximum atomic E-state index is 12.5. The fraction of sp³-hybridized carbons (Fsp3) is 0.667. The van der Waals surface area contributed by atoms with Gasteiger partial charge in [0.2, 0.25) is 5.09 Å². The van der Waals surface area contributed by atoms with Crippen molar-refractivity contribution in [2.45, 2.75) is 43.7 Å². The van der Waals surface area contributed by atoms with E-state index in [1.807, 2.05) is 13.8 Å². The summed E-state index contributed by atoms with van der Waals surface area (Å²) in [6.07, 6.45) is 1.82. The van der Waals surface area contributed by atoms with E-state index in [0.29, 0.717) is 18.2 Å². The quantitative estimate of drug-likeness (QED) is 0.802. The molecule has 2 heterocycles. The molecule has 0 bridgehead atoms. The van der Waals surface area contributed by atoms with Crippen LogP contribution in [0, 0.1) is 5.92 Å². The molecule has 102 valence electrons. The van der Waals surface area contributed by atoms with E-state index in [2.05, 4.69) is 0 Å². The lowest BCUT2D eigenvalue weighted by Crippen LogP contribution is -2.38. The van der Waals surface area contributed by atoms with E-state index in [0.717, 1.165) is 12.8 Å². The molecule has 1 unspecified atom stereocenters. The smallest absolute Gasteiger partial charge is 0.276 e. The normalized spacial score (nSPS) is 21.9. The lowest BCUT2D eigenvalue weighted by molar-refractivity contribution is 0.304. The molecule has 1 aliphatic heterocycles. The van der Waals surface area contributed by atoms with Gasteiger partial charge in [-0.05, 0) is 30.9 Å². The standard InChI is InChI=1S/C12H18ClNO3S/c1-9(2)11-4-3-7-14(11)18(15,16)12-6-5-10(8-13)17-12/h5-6,9,11H,3-4,7-8H2,1-2H3. The number of furan rings is 1. The zero-order chi connectivity index (χ0) is 13.3. The van der Waals surface area contributed by atoms with Crippen LogP contribution in [0.5, 0.6) is 0 Å². The fourth-order valence-electron chi connectivity index (χ4n) is 2.41. The van der Waals surface area contributed by atoms with Gasteiger partial charge in [0.15, 0.2) is 0 Å². The predicted molar refractivity (Wildman–Crippen MR) is 70.0 cm³/mol. The van der Waals surface area contributed by atoms with Crippen LogP contribution >= 0.6 is 11.6 Å². The van der Waals surface area contributed by atoms with Crippen molar-refractivity contribution in [2.75, 3.05) is 6.54 Å². The van der Waals surface area contributed by atoms with Gasteiger partial charge in [-0.1, -0.05) is 13.8 Å². The van der Waals surface area contributed by atoms with Gasteiger partial charge in [0, 0.05) is 12.6 Å². The lowest BCUT2D eigenvalue weighted by Gasteiger charge is -2.25. The third kappa shape index (κ3) is 2.44. The van der Waals surface area contributed by atoms with Crippen LogP contribution in [-0.2, 0) is 15.9 Å². The third-order valence-corrected chi connectivity index (χ3v) is 5.41. The summed E-state index contributed by atoms with van der Waals surface area (Å²) in [6, 6.07) is 3.17. The highest BCUT2D eigenvalue weighted by atomic mass is 35.5. The van der Waals surface area contributed by atoms with Crippen LogP contribution < -0.4 is 0 Å². The Morgan fingerprint density at radius 2 is 2.22 bits per heavy atom. The van der Waals surface area contributed by atoms with Gasteiger partial charge >= 0.3 is 0 Å². The summed E-state index contributed by atoms with van der Waals surface area (Å²) in [6.45, 7) is 4.66. The Bertz CT molecular complexity index is 509. The summed E-state index contributed by atoms with van der Waals surface area (Å²) < 4.78 is 31.8. The lowest BCUT2D eigenvalue weighted by atomic mass is 10.0. The molecule has 18 heavy (non-hydrogen) atoms. The molecule has 1 saturated heterocycles. The number of alkyl halides is 1. The van der Waals surface area contributed by atoms with Gasteiger partial charge in [0.1, 0.15) is 5.76 Å². The monoisotopic (exact) mass is 291 g/mol. The highest BCUT2D eigenvalue weighted by Crippen LogP contribution is 2.30. The number of sulfonamides is 1. The Morgan fingerprint density at radius 1 is 1.50 bits per heavy atom. The Kier molecular flexibility index (Phi) is 4.04. The van der Waals surface area contributed by atoms with Crippen LogP contribution in [0.3, 0.4) is 0 Å². The maximum Gasteiger partial charge on any atom is 0.276 e. The number of halogens is 1. The second-order valence-corrected chi connectivity index (χ2v) is 7.01. The van der Waals surface area contributed by atoms with E-state index in [9.17, 15) is 8.42 Å². The highest BCUT2D eigenvalue weighted by Gasteiger charge is 2.38. The topological polar surface area (TPSA) is 50.5 Å². The van der Waals surface area contributed by atoms with Gasteiger partial charge in [-0.15, -0.1) is 11.6 Å². The molecule has 1 aromatic rings. The first kappa shape index (κ1) is 13.9. The van der Waals surface area contributed by atoms with Gasteiger partial charge < -0.3 is 4.42 Å². The number of nitrogens with zero attached hydrogens (tertiary/aromatic N) is 1. The van der Waals surface area contributed by atoms with Crippen molar-refractivity contribution in [3.8, 4) is 0 Å². The Balaban J connectivity index is 2.30. The van der Waals surface area contributed by atoms with Gasteiger partial charge in [0.05, 0.1) is 5.88 Å². The SMILES string of the molecule is CC(C)C1CCCN1S(=O)(=O)c1ccc(CCl)o1. The molecule has 0 amide bonds. The van der Waals surface area contributed by atoms with Crippen LogP contribution in [0.4, 0.5) is 0 Å². The van der Waals surface area contributed by atoms with Crippen molar-refractivity contribution in [1.82, 2.24) is 4.31 Å². The van der Waals surface area contributed by atoms with E-state index in [1.54, 1.807) is 10.4 Å². The largest absolute Gasteiger partial charge is 0.447 e.